The van der Waals surface area contributed by atoms with Crippen molar-refractivity contribution in [2.24, 2.45) is 0 Å². The molecule has 2 N–H and O–H groups in total. The number of pyridine rings is 1. The van der Waals surface area contributed by atoms with Crippen LogP contribution in [0.4, 0.5) is 10.6 Å². The Bertz CT molecular complexity index is 774. The van der Waals surface area contributed by atoms with Gasteiger partial charge in [0.25, 0.3) is 0 Å². The molecule has 0 unspecified atom stereocenters. The van der Waals surface area contributed by atoms with E-state index in [0.29, 0.717) is 5.82 Å². The molecule has 5 nitrogen and oxygen atoms in total. The fourth-order valence-electron chi connectivity index (χ4n) is 2.21. The van der Waals surface area contributed by atoms with Crippen molar-refractivity contribution in [2.75, 3.05) is 5.32 Å². The second-order valence-electron chi connectivity index (χ2n) is 4.98. The normalized spacial score (nSPS) is 11.7. The van der Waals surface area contributed by atoms with Crippen molar-refractivity contribution in [1.29, 1.82) is 0 Å². The van der Waals surface area contributed by atoms with Crippen molar-refractivity contribution in [2.45, 2.75) is 13.0 Å². The maximum Gasteiger partial charge on any atom is 0.321 e. The van der Waals surface area contributed by atoms with Gasteiger partial charge in [0.2, 0.25) is 0 Å². The van der Waals surface area contributed by atoms with Gasteiger partial charge in [-0.05, 0) is 24.6 Å². The summed E-state index contributed by atoms with van der Waals surface area (Å²) in [7, 11) is 0. The number of urea groups is 1. The predicted molar refractivity (Wildman–Crippen MR) is 91.5 cm³/mol. The molecule has 0 saturated carbocycles. The standard InChI is InChI=1S/C17H16N4OS/c1-12-6-5-9-14(19-12)20-17(22)21-15(16-18-10-11-23-16)13-7-3-2-4-8-13/h2-11,15H,1H3,(H2,19,20,21,22)/t15-/m1/s1. The minimum atomic E-state index is -0.313. The van der Waals surface area contributed by atoms with Crippen molar-refractivity contribution < 1.29 is 4.79 Å². The smallest absolute Gasteiger partial charge is 0.321 e. The largest absolute Gasteiger partial charge is 0.324 e. The summed E-state index contributed by atoms with van der Waals surface area (Å²) in [5.74, 6) is 0.522. The number of anilines is 1. The van der Waals surface area contributed by atoms with Gasteiger partial charge in [-0.1, -0.05) is 36.4 Å². The van der Waals surface area contributed by atoms with Crippen LogP contribution in [0.1, 0.15) is 22.3 Å². The molecule has 116 valence electrons. The molecular weight excluding hydrogens is 308 g/mol. The number of aromatic nitrogens is 2. The van der Waals surface area contributed by atoms with Gasteiger partial charge in [-0.25, -0.2) is 14.8 Å². The first-order valence-corrected chi connectivity index (χ1v) is 8.06. The molecule has 0 saturated heterocycles. The molecule has 0 fully saturated rings. The van der Waals surface area contributed by atoms with Gasteiger partial charge in [0, 0.05) is 17.3 Å². The molecule has 0 aliphatic carbocycles. The summed E-state index contributed by atoms with van der Waals surface area (Å²) in [6.07, 6.45) is 1.73. The zero-order valence-electron chi connectivity index (χ0n) is 12.6. The van der Waals surface area contributed by atoms with E-state index in [9.17, 15) is 4.79 Å². The highest BCUT2D eigenvalue weighted by molar-refractivity contribution is 7.09. The third kappa shape index (κ3) is 3.92. The summed E-state index contributed by atoms with van der Waals surface area (Å²) >= 11 is 1.51. The first-order chi connectivity index (χ1) is 11.2. The Morgan fingerprint density at radius 1 is 1.13 bits per heavy atom. The van der Waals surface area contributed by atoms with Crippen molar-refractivity contribution in [1.82, 2.24) is 15.3 Å². The van der Waals surface area contributed by atoms with E-state index in [1.165, 1.54) is 11.3 Å². The number of rotatable bonds is 4. The Kier molecular flexibility index (Phi) is 4.63. The molecule has 0 aliphatic rings. The van der Waals surface area contributed by atoms with Crippen LogP contribution < -0.4 is 10.6 Å². The molecule has 0 radical (unpaired) electrons. The Hall–Kier alpha value is -2.73. The van der Waals surface area contributed by atoms with Crippen molar-refractivity contribution in [3.8, 4) is 0 Å². The van der Waals surface area contributed by atoms with Crippen LogP contribution >= 0.6 is 11.3 Å². The molecule has 2 amide bonds. The molecule has 3 aromatic rings. The molecule has 2 heterocycles. The van der Waals surface area contributed by atoms with Gasteiger partial charge in [-0.15, -0.1) is 11.3 Å². The lowest BCUT2D eigenvalue weighted by Gasteiger charge is -2.17. The lowest BCUT2D eigenvalue weighted by Crippen LogP contribution is -2.33. The quantitative estimate of drug-likeness (QED) is 0.768. The van der Waals surface area contributed by atoms with Crippen LogP contribution in [0, 0.1) is 6.92 Å². The van der Waals surface area contributed by atoms with Gasteiger partial charge in [0.05, 0.1) is 0 Å². The van der Waals surface area contributed by atoms with Crippen molar-refractivity contribution in [3.05, 3.63) is 76.4 Å². The molecule has 6 heteroatoms. The molecular formula is C17H16N4OS. The van der Waals surface area contributed by atoms with Crippen LogP contribution in [0.3, 0.4) is 0 Å². The van der Waals surface area contributed by atoms with Crippen molar-refractivity contribution in [3.63, 3.8) is 0 Å². The number of hydrogen-bond acceptors (Lipinski definition) is 4. The molecule has 0 bridgehead atoms. The zero-order valence-corrected chi connectivity index (χ0v) is 13.4. The molecule has 0 spiro atoms. The number of benzene rings is 1. The van der Waals surface area contributed by atoms with Crippen molar-refractivity contribution >= 4 is 23.2 Å². The highest BCUT2D eigenvalue weighted by Crippen LogP contribution is 2.23. The summed E-state index contributed by atoms with van der Waals surface area (Å²) in [4.78, 5) is 20.9. The zero-order chi connectivity index (χ0) is 16.1. The second-order valence-corrected chi connectivity index (χ2v) is 5.90. The summed E-state index contributed by atoms with van der Waals surface area (Å²) in [6.45, 7) is 1.88. The molecule has 0 aliphatic heterocycles. The average molecular weight is 324 g/mol. The number of nitrogens with one attached hydrogen (secondary N) is 2. The predicted octanol–water partition coefficient (Wildman–Crippen LogP) is 3.76. The molecule has 2 aromatic heterocycles. The van der Waals surface area contributed by atoms with E-state index in [1.807, 2.05) is 54.8 Å². The van der Waals surface area contributed by atoms with Crippen LogP contribution in [0.2, 0.25) is 0 Å². The summed E-state index contributed by atoms with van der Waals surface area (Å²) in [5, 5.41) is 8.45. The number of amides is 2. The van der Waals surface area contributed by atoms with Gasteiger partial charge in [0.15, 0.2) is 0 Å². The number of nitrogens with zero attached hydrogens (tertiary/aromatic N) is 2. The Balaban J connectivity index is 1.77. The van der Waals surface area contributed by atoms with E-state index in [1.54, 1.807) is 12.3 Å². The maximum absolute atomic E-state index is 12.3. The van der Waals surface area contributed by atoms with Gasteiger partial charge in [-0.2, -0.15) is 0 Å². The van der Waals surface area contributed by atoms with E-state index in [0.717, 1.165) is 16.3 Å². The third-order valence-corrected chi connectivity index (χ3v) is 4.08. The fourth-order valence-corrected chi connectivity index (χ4v) is 2.92. The molecule has 23 heavy (non-hydrogen) atoms. The number of aryl methyl sites for hydroxylation is 1. The third-order valence-electron chi connectivity index (χ3n) is 3.24. The first-order valence-electron chi connectivity index (χ1n) is 7.18. The van der Waals surface area contributed by atoms with Crippen LogP contribution in [0.5, 0.6) is 0 Å². The van der Waals surface area contributed by atoms with Crippen LogP contribution in [-0.4, -0.2) is 16.0 Å². The first kappa shape index (κ1) is 15.2. The minimum Gasteiger partial charge on any atom is -0.324 e. The van der Waals surface area contributed by atoms with Crippen LogP contribution in [0.15, 0.2) is 60.1 Å². The van der Waals surface area contributed by atoms with E-state index in [-0.39, 0.29) is 12.1 Å². The summed E-state index contributed by atoms with van der Waals surface area (Å²) in [5.41, 5.74) is 1.83. The SMILES string of the molecule is Cc1cccc(NC(=O)N[C@H](c2ccccc2)c2nccs2)n1. The molecule has 3 rings (SSSR count). The van der Waals surface area contributed by atoms with Crippen LogP contribution in [0.25, 0.3) is 0 Å². The van der Waals surface area contributed by atoms with E-state index < -0.39 is 0 Å². The number of hydrogen-bond donors (Lipinski definition) is 2. The van der Waals surface area contributed by atoms with Gasteiger partial charge >= 0.3 is 6.03 Å². The number of carbonyl (C=O) groups is 1. The maximum atomic E-state index is 12.3. The number of carbonyl (C=O) groups excluding carboxylic acids is 1. The Morgan fingerprint density at radius 3 is 2.65 bits per heavy atom. The molecule has 1 atom stereocenters. The van der Waals surface area contributed by atoms with Gasteiger partial charge in [-0.3, -0.25) is 5.32 Å². The lowest BCUT2D eigenvalue weighted by atomic mass is 10.1. The Morgan fingerprint density at radius 2 is 1.96 bits per heavy atom. The summed E-state index contributed by atoms with van der Waals surface area (Å²) < 4.78 is 0. The fraction of sp³-hybridized carbons (Fsp3) is 0.118. The topological polar surface area (TPSA) is 66.9 Å². The van der Waals surface area contributed by atoms with Gasteiger partial charge < -0.3 is 5.32 Å². The van der Waals surface area contributed by atoms with E-state index >= 15 is 0 Å². The monoisotopic (exact) mass is 324 g/mol. The summed E-state index contributed by atoms with van der Waals surface area (Å²) in [6, 6.07) is 14.7. The average Bonchev–Trinajstić information content (AvgIpc) is 3.07. The lowest BCUT2D eigenvalue weighted by molar-refractivity contribution is 0.250. The highest BCUT2D eigenvalue weighted by Gasteiger charge is 2.19. The Labute approximate surface area is 138 Å². The second kappa shape index (κ2) is 7.02. The van der Waals surface area contributed by atoms with E-state index in [2.05, 4.69) is 20.6 Å². The van der Waals surface area contributed by atoms with Crippen LogP contribution in [-0.2, 0) is 0 Å². The van der Waals surface area contributed by atoms with E-state index in [4.69, 9.17) is 0 Å². The molecule has 1 aromatic carbocycles. The highest BCUT2D eigenvalue weighted by atomic mass is 32.1. The number of thiazole rings is 1. The minimum absolute atomic E-state index is 0.291. The van der Waals surface area contributed by atoms with Gasteiger partial charge in [0.1, 0.15) is 16.9 Å².